The van der Waals surface area contributed by atoms with Crippen molar-refractivity contribution in [3.05, 3.63) is 94.8 Å². The molecule has 0 radical (unpaired) electrons. The second kappa shape index (κ2) is 20.7. The Kier molecular flexibility index (Phi) is 14.7. The molecule has 66 heavy (non-hydrogen) atoms. The van der Waals surface area contributed by atoms with Crippen molar-refractivity contribution in [1.82, 2.24) is 30.2 Å². The highest BCUT2D eigenvalue weighted by Gasteiger charge is 2.64. The normalized spacial score (nSPS) is 19.9. The Morgan fingerprint density at radius 3 is 2.30 bits per heavy atom. The predicted molar refractivity (Wildman–Crippen MR) is 251 cm³/mol. The van der Waals surface area contributed by atoms with Gasteiger partial charge in [0.15, 0.2) is 0 Å². The molecule has 5 aromatic rings. The van der Waals surface area contributed by atoms with Gasteiger partial charge in [0.05, 0.1) is 62.4 Å². The maximum absolute atomic E-state index is 13.9. The molecule has 2 aromatic carbocycles. The zero-order valence-corrected chi connectivity index (χ0v) is 39.2. The first-order valence-electron chi connectivity index (χ1n) is 22.9. The smallest absolute Gasteiger partial charge is 0.254 e. The first kappa shape index (κ1) is 47.1. The molecular formula is C50H60ClFN8O6. The van der Waals surface area contributed by atoms with Crippen LogP contribution in [0.2, 0.25) is 5.02 Å². The molecule has 5 heterocycles. The summed E-state index contributed by atoms with van der Waals surface area (Å²) in [6, 6.07) is 15.7. The summed E-state index contributed by atoms with van der Waals surface area (Å²) in [5.41, 5.74) is 3.86. The molecule has 1 aliphatic carbocycles. The van der Waals surface area contributed by atoms with Crippen LogP contribution in [0.3, 0.4) is 0 Å². The third-order valence-electron chi connectivity index (χ3n) is 13.6. The number of carbonyl (C=O) groups excluding carboxylic acids is 1. The lowest BCUT2D eigenvalue weighted by atomic mass is 9.49. The fraction of sp³-hybridized carbons (Fsp3) is 0.500. The highest BCUT2D eigenvalue weighted by molar-refractivity contribution is 6.31. The fourth-order valence-electron chi connectivity index (χ4n) is 10.3. The van der Waals surface area contributed by atoms with Crippen LogP contribution in [0.4, 0.5) is 10.3 Å². The van der Waals surface area contributed by atoms with Crippen molar-refractivity contribution in [2.24, 2.45) is 10.8 Å². The minimum atomic E-state index is -0.382. The summed E-state index contributed by atoms with van der Waals surface area (Å²) in [7, 11) is 1.56. The number of H-pyrrole nitrogens is 1. The van der Waals surface area contributed by atoms with Crippen molar-refractivity contribution in [3.63, 3.8) is 0 Å². The number of pyridine rings is 1. The lowest BCUT2D eigenvalue weighted by Gasteiger charge is -2.63. The van der Waals surface area contributed by atoms with Gasteiger partial charge >= 0.3 is 0 Å². The largest absolute Gasteiger partial charge is 0.496 e. The maximum Gasteiger partial charge on any atom is 0.254 e. The summed E-state index contributed by atoms with van der Waals surface area (Å²) in [4.78, 5) is 35.2. The first-order chi connectivity index (χ1) is 31.8. The van der Waals surface area contributed by atoms with Gasteiger partial charge in [-0.3, -0.25) is 4.79 Å². The van der Waals surface area contributed by atoms with E-state index in [2.05, 4.69) is 74.9 Å². The average molecular weight is 924 g/mol. The molecule has 2 N–H and O–H groups in total. The van der Waals surface area contributed by atoms with E-state index >= 15 is 0 Å². The number of amides is 1. The topological polar surface area (TPSA) is 160 Å². The molecule has 3 fully saturated rings. The van der Waals surface area contributed by atoms with Crippen LogP contribution < -0.4 is 19.7 Å². The van der Waals surface area contributed by atoms with Crippen LogP contribution in [0.1, 0.15) is 80.9 Å². The number of halogens is 2. The molecule has 1 amide bonds. The van der Waals surface area contributed by atoms with Gasteiger partial charge in [0.2, 0.25) is 5.95 Å². The highest BCUT2D eigenvalue weighted by Crippen LogP contribution is 2.55. The van der Waals surface area contributed by atoms with Crippen LogP contribution in [-0.2, 0) is 14.2 Å². The molecule has 3 aliphatic rings. The molecule has 0 spiro atoms. The third kappa shape index (κ3) is 10.4. The molecule has 16 heteroatoms. The van der Waals surface area contributed by atoms with Crippen LogP contribution in [0.5, 0.6) is 11.5 Å². The number of hydrogen-bond acceptors (Lipinski definition) is 12. The molecule has 14 nitrogen and oxygen atoms in total. The van der Waals surface area contributed by atoms with E-state index < -0.39 is 0 Å². The van der Waals surface area contributed by atoms with E-state index in [-0.39, 0.29) is 40.8 Å². The van der Waals surface area contributed by atoms with Crippen molar-refractivity contribution < 1.29 is 32.9 Å². The molecule has 1 saturated carbocycles. The van der Waals surface area contributed by atoms with Crippen LogP contribution in [0.15, 0.2) is 67.1 Å². The van der Waals surface area contributed by atoms with Crippen molar-refractivity contribution in [2.45, 2.75) is 77.5 Å². The zero-order chi connectivity index (χ0) is 46.4. The Bertz CT molecular complexity index is 2480. The number of likely N-dealkylation sites (tertiary alicyclic amines) is 1. The van der Waals surface area contributed by atoms with E-state index in [1.54, 1.807) is 50.0 Å². The molecule has 3 aromatic heterocycles. The van der Waals surface area contributed by atoms with Crippen LogP contribution in [0.25, 0.3) is 22.2 Å². The van der Waals surface area contributed by atoms with E-state index in [0.717, 1.165) is 80.6 Å². The molecule has 0 unspecified atom stereocenters. The molecule has 8 rings (SSSR count). The number of ether oxygens (including phenoxy) is 5. The first-order valence-corrected chi connectivity index (χ1v) is 23.3. The summed E-state index contributed by atoms with van der Waals surface area (Å²) in [6.45, 7) is 15.5. The van der Waals surface area contributed by atoms with E-state index in [4.69, 9.17) is 35.3 Å². The van der Waals surface area contributed by atoms with Gasteiger partial charge in [0.1, 0.15) is 35.1 Å². The fourth-order valence-corrected chi connectivity index (χ4v) is 10.5. The average Bonchev–Trinajstić information content (AvgIpc) is 3.77. The Balaban J connectivity index is 0.673. The summed E-state index contributed by atoms with van der Waals surface area (Å²) in [6.07, 6.45) is 8.69. The number of aromatic nitrogens is 4. The van der Waals surface area contributed by atoms with Crippen LogP contribution in [0, 0.1) is 28.0 Å². The lowest BCUT2D eigenvalue weighted by Crippen LogP contribution is -2.74. The molecule has 0 bridgehead atoms. The summed E-state index contributed by atoms with van der Waals surface area (Å²) >= 11 is 6.24. The van der Waals surface area contributed by atoms with Crippen LogP contribution in [-0.4, -0.2) is 122 Å². The Morgan fingerprint density at radius 1 is 0.894 bits per heavy atom. The molecule has 2 saturated heterocycles. The molecule has 0 atom stereocenters. The standard InChI is InChI=1S/C50H60ClFN8O6/c1-49(2)46(50(3,4)47(49)66-37-8-6-33(29-53)41(51)27-37)58-45(61)34-30-55-48(56-31-34)60-18-13-36(14-19-60)65-25-24-64-23-22-63-21-20-59-16-11-32(12-17-59)42-28-40-38(10-15-54-44(40)57-42)39-9-7-35(52)26-43(39)62-5/h6-10,15,26-28,30-32,36,46-47H,11-14,16-25H2,1-5H3,(H,54,57)(H,58,61)/t46-,47-. The molecule has 350 valence electrons. The number of fused-ring (bicyclic) bond motifs is 1. The monoisotopic (exact) mass is 922 g/mol. The number of nitrogens with zero attached hydrogens (tertiary/aromatic N) is 6. The van der Waals surface area contributed by atoms with Gasteiger partial charge in [-0.1, -0.05) is 39.3 Å². The van der Waals surface area contributed by atoms with Gasteiger partial charge < -0.3 is 43.8 Å². The summed E-state index contributed by atoms with van der Waals surface area (Å²) in [5, 5.41) is 13.8. The number of nitrogens with one attached hydrogen (secondary N) is 2. The van der Waals surface area contributed by atoms with Crippen molar-refractivity contribution in [1.29, 1.82) is 5.26 Å². The van der Waals surface area contributed by atoms with E-state index in [1.807, 2.05) is 6.07 Å². The highest BCUT2D eigenvalue weighted by atomic mass is 35.5. The van der Waals surface area contributed by atoms with Gasteiger partial charge in [-0.05, 0) is 80.7 Å². The molecule has 2 aliphatic heterocycles. The number of aromatic amines is 1. The van der Waals surface area contributed by atoms with Gasteiger partial charge in [-0.25, -0.2) is 19.3 Å². The minimum absolute atomic E-state index is 0.141. The Hall–Kier alpha value is -5.37. The number of rotatable bonds is 18. The van der Waals surface area contributed by atoms with E-state index in [1.165, 1.54) is 17.8 Å². The third-order valence-corrected chi connectivity index (χ3v) is 13.9. The maximum atomic E-state index is 13.9. The number of benzene rings is 2. The summed E-state index contributed by atoms with van der Waals surface area (Å²) in [5.74, 6) is 1.54. The number of piperidine rings is 2. The summed E-state index contributed by atoms with van der Waals surface area (Å²) < 4.78 is 43.6. The molecular weight excluding hydrogens is 863 g/mol. The number of anilines is 1. The van der Waals surface area contributed by atoms with Gasteiger partial charge in [-0.2, -0.15) is 5.26 Å². The number of nitriles is 1. The van der Waals surface area contributed by atoms with Gasteiger partial charge in [0.25, 0.3) is 5.91 Å². The minimum Gasteiger partial charge on any atom is -0.496 e. The van der Waals surface area contributed by atoms with Crippen LogP contribution >= 0.6 is 11.6 Å². The number of methoxy groups -OCH3 is 1. The van der Waals surface area contributed by atoms with Gasteiger partial charge in [0, 0.05) is 89.8 Å². The number of carbonyl (C=O) groups is 1. The van der Waals surface area contributed by atoms with Gasteiger partial charge in [-0.15, -0.1) is 0 Å². The SMILES string of the molecule is COc1cc(F)ccc1-c1ccnc2[nH]c(C3CCN(CCOCCOCCOC4CCN(c5ncc(C(=O)N[C@H]6C(C)(C)[C@H](Oc7ccc(C#N)c(Cl)c7)C6(C)C)cn5)CC4)CC3)cc12. The Morgan fingerprint density at radius 2 is 1.61 bits per heavy atom. The van der Waals surface area contributed by atoms with Crippen molar-refractivity contribution >= 4 is 34.5 Å². The lowest BCUT2D eigenvalue weighted by molar-refractivity contribution is -0.164. The second-order valence-electron chi connectivity index (χ2n) is 18.7. The predicted octanol–water partition coefficient (Wildman–Crippen LogP) is 8.20. The van der Waals surface area contributed by atoms with E-state index in [9.17, 15) is 14.4 Å². The zero-order valence-electron chi connectivity index (χ0n) is 38.4. The van der Waals surface area contributed by atoms with E-state index in [0.29, 0.717) is 72.5 Å². The Labute approximate surface area is 391 Å². The second-order valence-corrected chi connectivity index (χ2v) is 19.1. The van der Waals surface area contributed by atoms with Crippen molar-refractivity contribution in [3.8, 4) is 28.7 Å². The quantitative estimate of drug-likeness (QED) is 0.0813. The van der Waals surface area contributed by atoms with Crippen molar-refractivity contribution in [2.75, 3.05) is 77.8 Å². The number of hydrogen-bond donors (Lipinski definition) is 2.